The number of halogens is 6. The number of aryl methyl sites for hydroxylation is 2. The molecule has 6 rings (SSSR count). The lowest BCUT2D eigenvalue weighted by Gasteiger charge is -2.11. The van der Waals surface area contributed by atoms with Crippen LogP contribution in [-0.4, -0.2) is 98.5 Å². The van der Waals surface area contributed by atoms with Gasteiger partial charge in [-0.15, -0.1) is 0 Å². The van der Waals surface area contributed by atoms with Gasteiger partial charge in [-0.1, -0.05) is 13.8 Å². The van der Waals surface area contributed by atoms with Gasteiger partial charge in [-0.2, -0.15) is 31.4 Å². The molecule has 0 saturated heterocycles. The fourth-order valence-corrected chi connectivity index (χ4v) is 7.44. The van der Waals surface area contributed by atoms with E-state index in [4.69, 9.17) is 0 Å². The second kappa shape index (κ2) is 16.2. The topological polar surface area (TPSA) is 188 Å². The van der Waals surface area contributed by atoms with Crippen molar-refractivity contribution in [2.75, 3.05) is 25.1 Å². The van der Waals surface area contributed by atoms with E-state index in [-0.39, 0.29) is 72.2 Å². The summed E-state index contributed by atoms with van der Waals surface area (Å²) in [7, 11) is -2.69. The smallest absolute Gasteiger partial charge is 0.310 e. The third kappa shape index (κ3) is 8.83. The summed E-state index contributed by atoms with van der Waals surface area (Å²) in [4.78, 5) is 34.9. The average molecular weight is 853 g/mol. The number of hydrogen-bond donors (Lipinski definition) is 0. The maximum absolute atomic E-state index is 13.0. The molecule has 0 saturated carbocycles. The first-order chi connectivity index (χ1) is 27.1. The average Bonchev–Trinajstić information content (AvgIpc) is 3.70. The first kappa shape index (κ1) is 43.3. The van der Waals surface area contributed by atoms with Crippen LogP contribution < -0.4 is 0 Å². The molecule has 0 aliphatic rings. The highest BCUT2D eigenvalue weighted by molar-refractivity contribution is 7.91. The van der Waals surface area contributed by atoms with Gasteiger partial charge in [-0.05, 0) is 31.2 Å². The van der Waals surface area contributed by atoms with E-state index < -0.39 is 43.2 Å². The number of rotatable bonds is 10. The summed E-state index contributed by atoms with van der Waals surface area (Å²) in [5.74, 6) is -0.300. The van der Waals surface area contributed by atoms with Gasteiger partial charge in [-0.25, -0.2) is 36.8 Å². The Bertz CT molecular complexity index is 2780. The zero-order chi connectivity index (χ0) is 43.0. The highest BCUT2D eigenvalue weighted by Gasteiger charge is 2.33. The molecule has 0 aromatic carbocycles. The van der Waals surface area contributed by atoms with Gasteiger partial charge >= 0.3 is 12.4 Å². The van der Waals surface area contributed by atoms with Crippen molar-refractivity contribution >= 4 is 54.5 Å². The summed E-state index contributed by atoms with van der Waals surface area (Å²) >= 11 is 0. The largest absolute Gasteiger partial charge is 0.417 e. The van der Waals surface area contributed by atoms with E-state index in [2.05, 4.69) is 35.0 Å². The summed E-state index contributed by atoms with van der Waals surface area (Å²) in [6.45, 7) is 5.50. The lowest BCUT2D eigenvalue weighted by atomic mass is 10.2. The van der Waals surface area contributed by atoms with Crippen molar-refractivity contribution in [1.29, 1.82) is 0 Å². The molecular weight excluding hydrogens is 819 g/mol. The maximum atomic E-state index is 13.0. The molecule has 58 heavy (non-hydrogen) atoms. The van der Waals surface area contributed by atoms with Crippen LogP contribution >= 0.6 is 0 Å². The second-order valence-electron chi connectivity index (χ2n) is 12.5. The van der Waals surface area contributed by atoms with Crippen LogP contribution in [0.25, 0.3) is 45.4 Å². The van der Waals surface area contributed by atoms with Crippen LogP contribution in [-0.2, 0) is 46.1 Å². The number of imidazole rings is 2. The molecule has 15 nitrogen and oxygen atoms in total. The van der Waals surface area contributed by atoms with Crippen molar-refractivity contribution in [2.45, 2.75) is 42.9 Å². The third-order valence-corrected chi connectivity index (χ3v) is 12.2. The Kier molecular flexibility index (Phi) is 12.1. The van der Waals surface area contributed by atoms with Crippen molar-refractivity contribution in [3.05, 3.63) is 71.3 Å². The van der Waals surface area contributed by atoms with Gasteiger partial charge in [0.15, 0.2) is 48.9 Å². The number of pyridine rings is 4. The first-order valence-electron chi connectivity index (χ1n) is 17.0. The van der Waals surface area contributed by atoms with E-state index in [9.17, 15) is 48.0 Å². The van der Waals surface area contributed by atoms with Crippen LogP contribution in [0.2, 0.25) is 0 Å². The predicted molar refractivity (Wildman–Crippen MR) is 200 cm³/mol. The van der Waals surface area contributed by atoms with Crippen LogP contribution in [0.15, 0.2) is 63.9 Å². The van der Waals surface area contributed by atoms with E-state index in [0.717, 1.165) is 12.1 Å². The minimum absolute atomic E-state index is 0.0100. The highest BCUT2D eigenvalue weighted by Crippen LogP contribution is 2.34. The van der Waals surface area contributed by atoms with Crippen molar-refractivity contribution < 1.29 is 48.0 Å². The van der Waals surface area contributed by atoms with E-state index in [1.807, 2.05) is 6.92 Å². The Balaban J connectivity index is 0.000000223. The quantitative estimate of drug-likeness (QED) is 0.0701. The molecule has 23 heteroatoms. The molecule has 308 valence electrons. The molecule has 6 heterocycles. The van der Waals surface area contributed by atoms with Gasteiger partial charge in [-0.3, -0.25) is 14.8 Å². The van der Waals surface area contributed by atoms with Crippen LogP contribution in [0, 0.1) is 0 Å². The predicted octanol–water partition coefficient (Wildman–Crippen LogP) is 5.78. The lowest BCUT2D eigenvalue weighted by Crippen LogP contribution is -2.11. The normalized spacial score (nSPS) is 12.6. The number of hydrazone groups is 1. The molecule has 0 N–H and O–H groups in total. The van der Waals surface area contributed by atoms with Crippen LogP contribution in [0.1, 0.15) is 47.8 Å². The number of carbonyl (C=O) groups is 1. The number of fused-ring (bicyclic) bond motifs is 2. The second-order valence-corrected chi connectivity index (χ2v) is 17.0. The van der Waals surface area contributed by atoms with Gasteiger partial charge in [0.2, 0.25) is 0 Å². The molecule has 0 spiro atoms. The fourth-order valence-electron chi connectivity index (χ4n) is 5.31. The Hall–Kier alpha value is -5.84. The molecule has 6 aromatic rings. The van der Waals surface area contributed by atoms with Crippen LogP contribution in [0.4, 0.5) is 26.3 Å². The zero-order valence-electron chi connectivity index (χ0n) is 31.5. The highest BCUT2D eigenvalue weighted by atomic mass is 32.2. The van der Waals surface area contributed by atoms with E-state index >= 15 is 0 Å². The minimum Gasteiger partial charge on any atom is -0.310 e. The number of aldehydes is 1. The van der Waals surface area contributed by atoms with E-state index in [0.29, 0.717) is 30.8 Å². The van der Waals surface area contributed by atoms with Crippen molar-refractivity contribution in [3.63, 3.8) is 0 Å². The Morgan fingerprint density at radius 3 is 1.47 bits per heavy atom. The van der Waals surface area contributed by atoms with Crippen molar-refractivity contribution in [3.8, 4) is 23.0 Å². The van der Waals surface area contributed by atoms with Gasteiger partial charge in [0.05, 0.1) is 38.6 Å². The fraction of sp³-hybridized carbons (Fsp3) is 0.314. The minimum atomic E-state index is -4.58. The van der Waals surface area contributed by atoms with Crippen LogP contribution in [0.3, 0.4) is 0 Å². The van der Waals surface area contributed by atoms with Crippen molar-refractivity contribution in [1.82, 2.24) is 44.0 Å². The standard InChI is InChI=1S/C19H21F3N6O2S.C16H13F3N4O3S/c1-5-27(3)25-10-12-7-15(31(29,30)6-2)16(23-9-12)18-26-14-8-13(19(20,21)22)11-24-17(14)28(18)4;1-3-27(25,26)12-4-9(8-24)6-20-13(12)15-22-11-5-10(16(17,18)19)7-21-14(11)23(15)2/h7-11H,5-6H2,1-4H3;4-8H,3H2,1-2H3/b25-10+;. The number of aromatic nitrogens is 8. The third-order valence-electron chi connectivity index (χ3n) is 8.67. The van der Waals surface area contributed by atoms with Gasteiger partial charge in [0, 0.05) is 63.6 Å². The number of carbonyl (C=O) groups excluding carboxylic acids is 1. The number of sulfone groups is 2. The summed E-state index contributed by atoms with van der Waals surface area (Å²) in [6, 6.07) is 4.31. The van der Waals surface area contributed by atoms with Gasteiger partial charge in [0.1, 0.15) is 22.4 Å². The molecule has 0 aliphatic carbocycles. The van der Waals surface area contributed by atoms with E-state index in [1.54, 1.807) is 19.1 Å². The summed E-state index contributed by atoms with van der Waals surface area (Å²) in [6.07, 6.45) is -3.20. The summed E-state index contributed by atoms with van der Waals surface area (Å²) < 4.78 is 131. The molecule has 6 aromatic heterocycles. The molecule has 0 atom stereocenters. The molecule has 0 bridgehead atoms. The van der Waals surface area contributed by atoms with Gasteiger partial charge < -0.3 is 14.1 Å². The zero-order valence-corrected chi connectivity index (χ0v) is 33.1. The Labute approximate surface area is 327 Å². The Morgan fingerprint density at radius 2 is 1.09 bits per heavy atom. The molecule has 0 radical (unpaired) electrons. The Morgan fingerprint density at radius 1 is 0.672 bits per heavy atom. The molecule has 0 fully saturated rings. The maximum Gasteiger partial charge on any atom is 0.417 e. The SMILES string of the molecule is CCN(C)/N=C/c1cnc(-c2nc3cc(C(F)(F)F)cnc3n2C)c(S(=O)(=O)CC)c1.CCS(=O)(=O)c1cc(C=O)cnc1-c1nc2cc(C(F)(F)F)cnc2n1C. The van der Waals surface area contributed by atoms with Crippen LogP contribution in [0.5, 0.6) is 0 Å². The summed E-state index contributed by atoms with van der Waals surface area (Å²) in [5, 5.41) is 5.85. The lowest BCUT2D eigenvalue weighted by molar-refractivity contribution is -0.138. The molecule has 0 unspecified atom stereocenters. The molecular formula is C35H34F6N10O5S2. The summed E-state index contributed by atoms with van der Waals surface area (Å²) in [5.41, 5.74) is -1.15. The van der Waals surface area contributed by atoms with Crippen molar-refractivity contribution in [2.24, 2.45) is 19.2 Å². The number of hydrogen-bond acceptors (Lipinski definition) is 13. The van der Waals surface area contributed by atoms with E-state index in [1.165, 1.54) is 60.8 Å². The molecule has 0 amide bonds. The monoisotopic (exact) mass is 852 g/mol. The first-order valence-corrected chi connectivity index (χ1v) is 20.3. The molecule has 0 aliphatic heterocycles. The number of alkyl halides is 6. The number of nitrogens with zero attached hydrogens (tertiary/aromatic N) is 10. The van der Waals surface area contributed by atoms with Gasteiger partial charge in [0.25, 0.3) is 0 Å².